The zero-order valence-corrected chi connectivity index (χ0v) is 10.4. The van der Waals surface area contributed by atoms with Crippen molar-refractivity contribution in [2.24, 2.45) is 0 Å². The summed E-state index contributed by atoms with van der Waals surface area (Å²) in [4.78, 5) is 4.19. The number of nitrogens with zero attached hydrogens (tertiary/aromatic N) is 2. The van der Waals surface area contributed by atoms with E-state index in [1.807, 2.05) is 23.8 Å². The van der Waals surface area contributed by atoms with Gasteiger partial charge in [-0.2, -0.15) is 21.6 Å². The van der Waals surface area contributed by atoms with Crippen LogP contribution in [0.15, 0.2) is 32.5 Å². The Morgan fingerprint density at radius 3 is 3.11 bits per heavy atom. The van der Waals surface area contributed by atoms with Crippen molar-refractivity contribution < 1.29 is 4.42 Å². The molecule has 0 unspecified atom stereocenters. The van der Waals surface area contributed by atoms with Crippen LogP contribution in [0.25, 0.3) is 0 Å². The van der Waals surface area contributed by atoms with Gasteiger partial charge in [0.25, 0.3) is 6.01 Å². The monoisotopic (exact) mass is 258 g/mol. The van der Waals surface area contributed by atoms with Gasteiger partial charge in [0, 0.05) is 5.70 Å². The van der Waals surface area contributed by atoms with E-state index in [1.165, 1.54) is 0 Å². The number of anilines is 2. The minimum Gasteiger partial charge on any atom is -0.407 e. The van der Waals surface area contributed by atoms with Crippen molar-refractivity contribution in [3.8, 4) is 6.07 Å². The lowest BCUT2D eigenvalue weighted by Crippen LogP contribution is -2.16. The highest BCUT2D eigenvalue weighted by atomic mass is 32.1. The second kappa shape index (κ2) is 3.89. The average molecular weight is 258 g/mol. The van der Waals surface area contributed by atoms with Crippen molar-refractivity contribution in [1.82, 2.24) is 4.98 Å². The SMILES string of the molecule is CC1=C(C#N)[C@H](c2ccsc2)c2nc(N)oc2N1. The predicted octanol–water partition coefficient (Wildman–Crippen LogP) is 2.67. The second-order valence-electron chi connectivity index (χ2n) is 4.03. The average Bonchev–Trinajstić information content (AvgIpc) is 2.95. The Morgan fingerprint density at radius 1 is 1.61 bits per heavy atom. The molecule has 1 aliphatic rings. The first-order chi connectivity index (χ1) is 8.70. The van der Waals surface area contributed by atoms with Crippen LogP contribution in [0.1, 0.15) is 24.1 Å². The van der Waals surface area contributed by atoms with Crippen molar-refractivity contribution in [3.63, 3.8) is 0 Å². The van der Waals surface area contributed by atoms with Crippen molar-refractivity contribution in [1.29, 1.82) is 5.26 Å². The molecule has 3 rings (SSSR count). The van der Waals surface area contributed by atoms with E-state index in [9.17, 15) is 5.26 Å². The number of nitrogens with two attached hydrogens (primary N) is 1. The maximum absolute atomic E-state index is 9.33. The van der Waals surface area contributed by atoms with Crippen LogP contribution in [0.4, 0.5) is 11.9 Å². The number of hydrogen-bond acceptors (Lipinski definition) is 6. The molecule has 0 aromatic carbocycles. The molecular formula is C12H10N4OS. The number of rotatable bonds is 1. The predicted molar refractivity (Wildman–Crippen MR) is 69.0 cm³/mol. The molecule has 0 aliphatic carbocycles. The van der Waals surface area contributed by atoms with E-state index in [-0.39, 0.29) is 11.9 Å². The summed E-state index contributed by atoms with van der Waals surface area (Å²) in [6.07, 6.45) is 0. The van der Waals surface area contributed by atoms with Crippen LogP contribution in [0.2, 0.25) is 0 Å². The quantitative estimate of drug-likeness (QED) is 0.821. The lowest BCUT2D eigenvalue weighted by atomic mass is 9.87. The van der Waals surface area contributed by atoms with E-state index >= 15 is 0 Å². The van der Waals surface area contributed by atoms with Gasteiger partial charge in [-0.05, 0) is 29.3 Å². The standard InChI is InChI=1S/C12H10N4OS/c1-6-8(4-13)9(7-2-3-18-5-7)10-11(15-6)17-12(14)16-10/h2-3,5,9,15H,1H3,(H2,14,16)/t9-/m0/s1. The Labute approximate surface area is 108 Å². The number of thiophene rings is 1. The third-order valence-electron chi connectivity index (χ3n) is 2.93. The van der Waals surface area contributed by atoms with Crippen molar-refractivity contribution in [2.75, 3.05) is 11.1 Å². The van der Waals surface area contributed by atoms with Crippen LogP contribution in [-0.4, -0.2) is 4.98 Å². The summed E-state index contributed by atoms with van der Waals surface area (Å²) in [6.45, 7) is 1.85. The van der Waals surface area contributed by atoms with Crippen molar-refractivity contribution >= 4 is 23.2 Å². The smallest absolute Gasteiger partial charge is 0.294 e. The van der Waals surface area contributed by atoms with E-state index in [0.717, 1.165) is 11.3 Å². The number of nitrogen functional groups attached to an aromatic ring is 1. The first kappa shape index (κ1) is 10.9. The van der Waals surface area contributed by atoms with E-state index < -0.39 is 0 Å². The topological polar surface area (TPSA) is 87.9 Å². The fraction of sp³-hybridized carbons (Fsp3) is 0.167. The highest BCUT2D eigenvalue weighted by molar-refractivity contribution is 7.08. The molecule has 5 nitrogen and oxygen atoms in total. The zero-order valence-electron chi connectivity index (χ0n) is 9.60. The van der Waals surface area contributed by atoms with Gasteiger partial charge in [0.1, 0.15) is 5.69 Å². The fourth-order valence-electron chi connectivity index (χ4n) is 2.14. The van der Waals surface area contributed by atoms with Gasteiger partial charge in [-0.25, -0.2) is 0 Å². The van der Waals surface area contributed by atoms with Gasteiger partial charge >= 0.3 is 0 Å². The number of hydrogen-bond donors (Lipinski definition) is 2. The Morgan fingerprint density at radius 2 is 2.44 bits per heavy atom. The van der Waals surface area contributed by atoms with Crippen LogP contribution >= 0.6 is 11.3 Å². The number of fused-ring (bicyclic) bond motifs is 1. The highest BCUT2D eigenvalue weighted by Gasteiger charge is 2.32. The molecule has 0 spiro atoms. The number of nitrogens with one attached hydrogen (secondary N) is 1. The lowest BCUT2D eigenvalue weighted by Gasteiger charge is -2.21. The third-order valence-corrected chi connectivity index (χ3v) is 3.64. The van der Waals surface area contributed by atoms with Crippen molar-refractivity contribution in [2.45, 2.75) is 12.8 Å². The molecule has 0 saturated heterocycles. The number of nitriles is 1. The summed E-state index contributed by atoms with van der Waals surface area (Å²) < 4.78 is 5.31. The molecule has 2 aromatic rings. The molecule has 0 amide bonds. The maximum Gasteiger partial charge on any atom is 0.294 e. The minimum absolute atomic E-state index is 0.111. The van der Waals surface area contributed by atoms with Crippen LogP contribution < -0.4 is 11.1 Å². The van der Waals surface area contributed by atoms with E-state index in [1.54, 1.807) is 11.3 Å². The molecule has 18 heavy (non-hydrogen) atoms. The first-order valence-corrected chi connectivity index (χ1v) is 6.31. The van der Waals surface area contributed by atoms with Gasteiger partial charge in [-0.15, -0.1) is 0 Å². The molecule has 6 heteroatoms. The van der Waals surface area contributed by atoms with E-state index in [4.69, 9.17) is 10.2 Å². The number of oxazole rings is 1. The summed E-state index contributed by atoms with van der Waals surface area (Å²) in [5.74, 6) is 0.332. The zero-order chi connectivity index (χ0) is 12.7. The molecular weight excluding hydrogens is 248 g/mol. The van der Waals surface area contributed by atoms with Gasteiger partial charge in [0.05, 0.1) is 17.6 Å². The van der Waals surface area contributed by atoms with Gasteiger partial charge in [0.15, 0.2) is 0 Å². The molecule has 90 valence electrons. The molecule has 0 fully saturated rings. The minimum atomic E-state index is -0.196. The van der Waals surface area contributed by atoms with Crippen LogP contribution in [-0.2, 0) is 0 Å². The summed E-state index contributed by atoms with van der Waals surface area (Å²) in [6, 6.07) is 4.34. The van der Waals surface area contributed by atoms with Gasteiger partial charge in [-0.3, -0.25) is 0 Å². The molecule has 3 heterocycles. The second-order valence-corrected chi connectivity index (χ2v) is 4.81. The van der Waals surface area contributed by atoms with Gasteiger partial charge < -0.3 is 15.5 Å². The summed E-state index contributed by atoms with van der Waals surface area (Å²) >= 11 is 1.59. The molecule has 0 bridgehead atoms. The third kappa shape index (κ3) is 1.49. The fourth-order valence-corrected chi connectivity index (χ4v) is 2.82. The van der Waals surface area contributed by atoms with Crippen LogP contribution in [0.5, 0.6) is 0 Å². The normalized spacial score (nSPS) is 18.1. The first-order valence-electron chi connectivity index (χ1n) is 5.37. The molecule has 0 saturated carbocycles. The highest BCUT2D eigenvalue weighted by Crippen LogP contribution is 2.42. The Kier molecular flexibility index (Phi) is 2.35. The number of aromatic nitrogens is 1. The Hall–Kier alpha value is -2.26. The van der Waals surface area contributed by atoms with Gasteiger partial charge in [0.2, 0.25) is 5.88 Å². The van der Waals surface area contributed by atoms with Crippen LogP contribution in [0.3, 0.4) is 0 Å². The van der Waals surface area contributed by atoms with Crippen LogP contribution in [0, 0.1) is 11.3 Å². The molecule has 0 radical (unpaired) electrons. The lowest BCUT2D eigenvalue weighted by molar-refractivity contribution is 0.591. The molecule has 3 N–H and O–H groups in total. The van der Waals surface area contributed by atoms with E-state index in [0.29, 0.717) is 17.2 Å². The molecule has 2 aromatic heterocycles. The van der Waals surface area contributed by atoms with Gasteiger partial charge in [-0.1, -0.05) is 0 Å². The molecule has 1 aliphatic heterocycles. The number of allylic oxidation sites excluding steroid dienone is 2. The summed E-state index contributed by atoms with van der Waals surface area (Å²) in [7, 11) is 0. The summed E-state index contributed by atoms with van der Waals surface area (Å²) in [5.41, 5.74) is 8.72. The van der Waals surface area contributed by atoms with Crippen molar-refractivity contribution in [3.05, 3.63) is 39.4 Å². The Balaban J connectivity index is 2.22. The summed E-state index contributed by atoms with van der Waals surface area (Å²) in [5, 5.41) is 16.3. The molecule has 1 atom stereocenters. The Bertz CT molecular complexity index is 663. The maximum atomic E-state index is 9.33. The largest absolute Gasteiger partial charge is 0.407 e. The van der Waals surface area contributed by atoms with E-state index in [2.05, 4.69) is 16.4 Å².